The van der Waals surface area contributed by atoms with E-state index in [-0.39, 0.29) is 36.3 Å². The number of amides is 1. The molecule has 0 bridgehead atoms. The second-order valence-electron chi connectivity index (χ2n) is 9.24. The summed E-state index contributed by atoms with van der Waals surface area (Å²) < 4.78 is 79.3. The lowest BCUT2D eigenvalue weighted by Crippen LogP contribution is -2.48. The molecule has 0 spiro atoms. The van der Waals surface area contributed by atoms with Gasteiger partial charge >= 0.3 is 12.4 Å². The highest BCUT2D eigenvalue weighted by atomic mass is 19.4. The molecular formula is C23H25F6N5O. The Kier molecular flexibility index (Phi) is 7.22. The number of hydrogen-bond donors (Lipinski definition) is 2. The molecule has 2 N–H and O–H groups in total. The SMILES string of the molecule is Cc1[nH]c(-c2cc(C(F)(F)F)cc(C(F)(F)F)c2)nc1CC(C)(C)NCC(=O)N1CCC[C@H]1C#N. The Morgan fingerprint density at radius 3 is 2.31 bits per heavy atom. The highest BCUT2D eigenvalue weighted by Gasteiger charge is 2.37. The van der Waals surface area contributed by atoms with Crippen LogP contribution in [0, 0.1) is 18.3 Å². The van der Waals surface area contributed by atoms with Crippen LogP contribution in [0.2, 0.25) is 0 Å². The molecule has 6 nitrogen and oxygen atoms in total. The zero-order valence-electron chi connectivity index (χ0n) is 19.4. The van der Waals surface area contributed by atoms with Crippen LogP contribution in [0.4, 0.5) is 26.3 Å². The van der Waals surface area contributed by atoms with Crippen molar-refractivity contribution in [3.8, 4) is 17.5 Å². The van der Waals surface area contributed by atoms with Crippen LogP contribution >= 0.6 is 0 Å². The average molecular weight is 501 g/mol. The Morgan fingerprint density at radius 1 is 1.17 bits per heavy atom. The Labute approximate surface area is 198 Å². The summed E-state index contributed by atoms with van der Waals surface area (Å²) in [7, 11) is 0. The third kappa shape index (κ3) is 6.33. The third-order valence-corrected chi connectivity index (χ3v) is 5.90. The summed E-state index contributed by atoms with van der Waals surface area (Å²) in [5, 5.41) is 12.3. The van der Waals surface area contributed by atoms with E-state index in [1.54, 1.807) is 20.8 Å². The van der Waals surface area contributed by atoms with Crippen molar-refractivity contribution in [1.82, 2.24) is 20.2 Å². The standard InChI is InChI=1S/C23H25F6N5O/c1-13-18(10-21(2,3)31-12-19(35)34-6-4-5-17(34)11-30)33-20(32-13)14-7-15(22(24,25)26)9-16(8-14)23(27,28)29/h7-9,17,31H,4-6,10,12H2,1-3H3,(H,32,33)/t17-/m0/s1. The second kappa shape index (κ2) is 9.53. The number of nitriles is 1. The van der Waals surface area contributed by atoms with Crippen molar-refractivity contribution in [2.45, 2.75) is 64.0 Å². The number of rotatable bonds is 6. The number of likely N-dealkylation sites (tertiary alicyclic amines) is 1. The summed E-state index contributed by atoms with van der Waals surface area (Å²) >= 11 is 0. The molecule has 1 saturated heterocycles. The monoisotopic (exact) mass is 501 g/mol. The van der Waals surface area contributed by atoms with Crippen LogP contribution in [0.25, 0.3) is 11.4 Å². The molecule has 3 rings (SSSR count). The summed E-state index contributed by atoms with van der Waals surface area (Å²) in [4.78, 5) is 21.1. The van der Waals surface area contributed by atoms with E-state index in [1.165, 1.54) is 4.90 Å². The van der Waals surface area contributed by atoms with Crippen molar-refractivity contribution in [3.63, 3.8) is 0 Å². The van der Waals surface area contributed by atoms with Gasteiger partial charge < -0.3 is 15.2 Å². The van der Waals surface area contributed by atoms with Crippen LogP contribution in [0.3, 0.4) is 0 Å². The molecule has 35 heavy (non-hydrogen) atoms. The summed E-state index contributed by atoms with van der Waals surface area (Å²) in [6.45, 7) is 5.70. The van der Waals surface area contributed by atoms with Crippen molar-refractivity contribution in [2.24, 2.45) is 0 Å². The van der Waals surface area contributed by atoms with Gasteiger partial charge in [0, 0.05) is 29.8 Å². The van der Waals surface area contributed by atoms with Gasteiger partial charge in [-0.25, -0.2) is 4.98 Å². The molecule has 1 aliphatic heterocycles. The number of benzene rings is 1. The highest BCUT2D eigenvalue weighted by molar-refractivity contribution is 5.79. The van der Waals surface area contributed by atoms with Crippen molar-refractivity contribution < 1.29 is 31.1 Å². The number of H-pyrrole nitrogens is 1. The third-order valence-electron chi connectivity index (χ3n) is 5.90. The number of aromatic amines is 1. The maximum atomic E-state index is 13.2. The van der Waals surface area contributed by atoms with Crippen LogP contribution in [0.5, 0.6) is 0 Å². The molecular weight excluding hydrogens is 476 g/mol. The van der Waals surface area contributed by atoms with E-state index in [4.69, 9.17) is 5.26 Å². The molecule has 1 fully saturated rings. The number of nitrogens with zero attached hydrogens (tertiary/aromatic N) is 3. The second-order valence-corrected chi connectivity index (χ2v) is 9.24. The molecule has 0 radical (unpaired) electrons. The Morgan fingerprint density at radius 2 is 1.77 bits per heavy atom. The molecule has 1 atom stereocenters. The predicted molar refractivity (Wildman–Crippen MR) is 115 cm³/mol. The Balaban J connectivity index is 1.79. The van der Waals surface area contributed by atoms with Crippen LogP contribution < -0.4 is 5.32 Å². The number of carbonyl (C=O) groups is 1. The minimum atomic E-state index is -4.96. The normalized spacial score (nSPS) is 17.0. The molecule has 2 heterocycles. The Hall–Kier alpha value is -3.07. The quantitative estimate of drug-likeness (QED) is 0.555. The van der Waals surface area contributed by atoms with Gasteiger partial charge in [-0.05, 0) is 51.8 Å². The molecule has 0 unspecified atom stereocenters. The van der Waals surface area contributed by atoms with Gasteiger partial charge in [0.15, 0.2) is 0 Å². The zero-order chi connectivity index (χ0) is 26.2. The summed E-state index contributed by atoms with van der Waals surface area (Å²) in [6, 6.07) is 2.98. The van der Waals surface area contributed by atoms with Crippen LogP contribution in [-0.4, -0.2) is 45.4 Å². The molecule has 12 heteroatoms. The number of carbonyl (C=O) groups excluding carboxylic acids is 1. The molecule has 1 aromatic heterocycles. The molecule has 1 aliphatic rings. The zero-order valence-corrected chi connectivity index (χ0v) is 19.4. The number of aromatic nitrogens is 2. The molecule has 190 valence electrons. The van der Waals surface area contributed by atoms with Crippen LogP contribution in [0.15, 0.2) is 18.2 Å². The molecule has 2 aromatic rings. The lowest BCUT2D eigenvalue weighted by Gasteiger charge is -2.28. The molecule has 0 aliphatic carbocycles. The van der Waals surface area contributed by atoms with Gasteiger partial charge in [0.2, 0.25) is 5.91 Å². The largest absolute Gasteiger partial charge is 0.416 e. The first kappa shape index (κ1) is 26.5. The smallest absolute Gasteiger partial charge is 0.342 e. The van der Waals surface area contributed by atoms with Crippen molar-refractivity contribution in [3.05, 3.63) is 40.7 Å². The van der Waals surface area contributed by atoms with Crippen molar-refractivity contribution >= 4 is 5.91 Å². The number of imidazole rings is 1. The minimum absolute atomic E-state index is 0.0237. The van der Waals surface area contributed by atoms with E-state index in [0.29, 0.717) is 36.5 Å². The summed E-state index contributed by atoms with van der Waals surface area (Å²) in [6.07, 6.45) is -8.28. The van der Waals surface area contributed by atoms with Gasteiger partial charge in [0.25, 0.3) is 0 Å². The van der Waals surface area contributed by atoms with Gasteiger partial charge in [0.1, 0.15) is 11.9 Å². The van der Waals surface area contributed by atoms with E-state index in [2.05, 4.69) is 21.4 Å². The maximum absolute atomic E-state index is 13.2. The van der Waals surface area contributed by atoms with Gasteiger partial charge in [0.05, 0.1) is 29.4 Å². The first-order valence-electron chi connectivity index (χ1n) is 10.9. The van der Waals surface area contributed by atoms with Crippen LogP contribution in [0.1, 0.15) is 49.2 Å². The number of nitrogens with one attached hydrogen (secondary N) is 2. The number of aryl methyl sites for hydroxylation is 1. The van der Waals surface area contributed by atoms with E-state index in [1.807, 2.05) is 0 Å². The van der Waals surface area contributed by atoms with E-state index < -0.39 is 35.1 Å². The van der Waals surface area contributed by atoms with Gasteiger partial charge in [-0.1, -0.05) is 0 Å². The predicted octanol–water partition coefficient (Wildman–Crippen LogP) is 4.85. The fraction of sp³-hybridized carbons (Fsp3) is 0.522. The number of hydrogen-bond acceptors (Lipinski definition) is 4. The average Bonchev–Trinajstić information content (AvgIpc) is 3.37. The fourth-order valence-electron chi connectivity index (χ4n) is 3.99. The minimum Gasteiger partial charge on any atom is -0.342 e. The van der Waals surface area contributed by atoms with Gasteiger partial charge in [-0.3, -0.25) is 4.79 Å². The van der Waals surface area contributed by atoms with Crippen molar-refractivity contribution in [2.75, 3.05) is 13.1 Å². The molecule has 0 saturated carbocycles. The van der Waals surface area contributed by atoms with E-state index in [9.17, 15) is 31.1 Å². The van der Waals surface area contributed by atoms with E-state index in [0.717, 1.165) is 6.42 Å². The molecule has 1 aromatic carbocycles. The highest BCUT2D eigenvalue weighted by Crippen LogP contribution is 2.38. The lowest BCUT2D eigenvalue weighted by atomic mass is 9.97. The first-order chi connectivity index (χ1) is 16.1. The van der Waals surface area contributed by atoms with Crippen molar-refractivity contribution in [1.29, 1.82) is 5.26 Å². The number of halogens is 6. The van der Waals surface area contributed by atoms with Gasteiger partial charge in [-0.15, -0.1) is 0 Å². The Bertz CT molecular complexity index is 1100. The fourth-order valence-corrected chi connectivity index (χ4v) is 3.99. The summed E-state index contributed by atoms with van der Waals surface area (Å²) in [5.41, 5.74) is -2.94. The lowest BCUT2D eigenvalue weighted by molar-refractivity contribution is -0.143. The molecule has 1 amide bonds. The van der Waals surface area contributed by atoms with E-state index >= 15 is 0 Å². The van der Waals surface area contributed by atoms with Crippen LogP contribution in [-0.2, 0) is 23.6 Å². The first-order valence-corrected chi connectivity index (χ1v) is 10.9. The topological polar surface area (TPSA) is 84.8 Å². The van der Waals surface area contributed by atoms with Gasteiger partial charge in [-0.2, -0.15) is 31.6 Å². The maximum Gasteiger partial charge on any atom is 0.416 e. The summed E-state index contributed by atoms with van der Waals surface area (Å²) in [5.74, 6) is -0.333. The number of alkyl halides is 6.